The minimum absolute atomic E-state index is 0.0301. The van der Waals surface area contributed by atoms with Crippen LogP contribution in [-0.2, 0) is 11.3 Å². The number of rotatable bonds is 8. The monoisotopic (exact) mass is 529 g/mol. The van der Waals surface area contributed by atoms with Gasteiger partial charge in [-0.3, -0.25) is 4.79 Å². The zero-order valence-corrected chi connectivity index (χ0v) is 22.0. The third-order valence-electron chi connectivity index (χ3n) is 6.75. The average Bonchev–Trinajstić information content (AvgIpc) is 3.45. The Balaban J connectivity index is 1.88. The summed E-state index contributed by atoms with van der Waals surface area (Å²) in [4.78, 5) is 19.5. The van der Waals surface area contributed by atoms with Crippen LogP contribution in [0.3, 0.4) is 0 Å². The van der Waals surface area contributed by atoms with Gasteiger partial charge in [-0.05, 0) is 36.1 Å². The van der Waals surface area contributed by atoms with Gasteiger partial charge < -0.3 is 15.3 Å². The van der Waals surface area contributed by atoms with E-state index in [-0.39, 0.29) is 31.0 Å². The first-order valence-electron chi connectivity index (χ1n) is 12.7. The van der Waals surface area contributed by atoms with Crippen LogP contribution in [0.1, 0.15) is 45.1 Å². The third kappa shape index (κ3) is 6.07. The van der Waals surface area contributed by atoms with Gasteiger partial charge in [0, 0.05) is 25.6 Å². The summed E-state index contributed by atoms with van der Waals surface area (Å²) in [6.07, 6.45) is -2.49. The van der Waals surface area contributed by atoms with Gasteiger partial charge in [0.05, 0.1) is 18.2 Å². The lowest BCUT2D eigenvalue weighted by molar-refractivity contribution is -0.146. The number of carbonyl (C=O) groups excluding carboxylic acids is 1. The number of nitrogens with zero attached hydrogens (tertiary/aromatic N) is 4. The molecule has 0 unspecified atom stereocenters. The number of alkyl halides is 1. The predicted molar refractivity (Wildman–Crippen MR) is 138 cm³/mol. The fourth-order valence-corrected chi connectivity index (χ4v) is 4.90. The van der Waals surface area contributed by atoms with Crippen LogP contribution in [0.15, 0.2) is 48.5 Å². The molecule has 1 amide bonds. The largest absolute Gasteiger partial charge is 0.384 e. The molecule has 3 aromatic rings. The number of aliphatic hydroxyl groups excluding tert-OH is 1. The third-order valence-corrected chi connectivity index (χ3v) is 6.75. The Morgan fingerprint density at radius 3 is 2.50 bits per heavy atom. The molecule has 1 aromatic heterocycles. The lowest BCUT2D eigenvalue weighted by atomic mass is 9.84. The number of hydrogen-bond acceptors (Lipinski definition) is 5. The van der Waals surface area contributed by atoms with Crippen LogP contribution < -0.4 is 5.32 Å². The van der Waals surface area contributed by atoms with E-state index in [1.54, 1.807) is 4.68 Å². The van der Waals surface area contributed by atoms with Crippen molar-refractivity contribution in [3.63, 3.8) is 0 Å². The smallest absolute Gasteiger partial charge is 0.251 e. The van der Waals surface area contributed by atoms with E-state index in [4.69, 9.17) is 0 Å². The Morgan fingerprint density at radius 1 is 1.18 bits per heavy atom. The van der Waals surface area contributed by atoms with Crippen molar-refractivity contribution in [3.8, 4) is 11.4 Å². The van der Waals surface area contributed by atoms with Crippen molar-refractivity contribution in [2.45, 2.75) is 52.6 Å². The second kappa shape index (κ2) is 11.2. The number of nitrogens with one attached hydrogen (secondary N) is 1. The summed E-state index contributed by atoms with van der Waals surface area (Å²) in [6, 6.07) is 11.7. The Kier molecular flexibility index (Phi) is 8.22. The van der Waals surface area contributed by atoms with Crippen molar-refractivity contribution in [2.24, 2.45) is 11.3 Å². The van der Waals surface area contributed by atoms with E-state index in [1.807, 2.05) is 51.1 Å². The molecule has 0 saturated carbocycles. The maximum atomic E-state index is 14.8. The summed E-state index contributed by atoms with van der Waals surface area (Å²) in [5, 5.41) is 17.9. The molecule has 1 aliphatic rings. The molecule has 204 valence electrons. The van der Waals surface area contributed by atoms with Crippen molar-refractivity contribution in [3.05, 3.63) is 71.6 Å². The first-order chi connectivity index (χ1) is 18.0. The lowest BCUT2D eigenvalue weighted by Gasteiger charge is -2.41. The van der Waals surface area contributed by atoms with Crippen molar-refractivity contribution in [2.75, 3.05) is 19.6 Å². The van der Waals surface area contributed by atoms with Gasteiger partial charge in [0.1, 0.15) is 23.9 Å². The summed E-state index contributed by atoms with van der Waals surface area (Å²) in [6.45, 7) is 7.96. The molecule has 0 aliphatic carbocycles. The standard InChI is InChI=1S/C28H34F3N5O2/c1-17(37)27(38)35(16-19-13-32-14-23(19)31)24(28(2,3)4)26-33-25(21-12-20(29)10-11-22(21)30)34-36(26)15-18-8-6-5-7-9-18/h5-12,17,19,23-24,32,37H,13-16H2,1-4H3/t17-,19+,23-,24-/m0/s1. The molecule has 0 radical (unpaired) electrons. The van der Waals surface area contributed by atoms with Gasteiger partial charge in [0.15, 0.2) is 11.6 Å². The highest BCUT2D eigenvalue weighted by Crippen LogP contribution is 2.40. The number of benzene rings is 2. The number of aromatic nitrogens is 3. The molecule has 10 heteroatoms. The highest BCUT2D eigenvalue weighted by Gasteiger charge is 2.42. The molecular formula is C28H34F3N5O2. The lowest BCUT2D eigenvalue weighted by Crippen LogP contribution is -2.49. The van der Waals surface area contributed by atoms with E-state index in [0.717, 1.165) is 23.8 Å². The van der Waals surface area contributed by atoms with Crippen LogP contribution in [-0.4, -0.2) is 62.6 Å². The maximum absolute atomic E-state index is 14.8. The fourth-order valence-electron chi connectivity index (χ4n) is 4.90. The quantitative estimate of drug-likeness (QED) is 0.459. The van der Waals surface area contributed by atoms with Crippen LogP contribution in [0.2, 0.25) is 0 Å². The van der Waals surface area contributed by atoms with E-state index in [2.05, 4.69) is 15.4 Å². The fraction of sp³-hybridized carbons (Fsp3) is 0.464. The van der Waals surface area contributed by atoms with E-state index < -0.39 is 47.2 Å². The number of aliphatic hydroxyl groups is 1. The summed E-state index contributed by atoms with van der Waals surface area (Å²) in [5.74, 6) is -2.07. The summed E-state index contributed by atoms with van der Waals surface area (Å²) >= 11 is 0. The minimum atomic E-state index is -1.34. The molecule has 0 bridgehead atoms. The Labute approximate surface area is 220 Å². The number of hydrogen-bond donors (Lipinski definition) is 2. The molecule has 7 nitrogen and oxygen atoms in total. The van der Waals surface area contributed by atoms with Gasteiger partial charge >= 0.3 is 0 Å². The van der Waals surface area contributed by atoms with Crippen LogP contribution in [0.5, 0.6) is 0 Å². The van der Waals surface area contributed by atoms with Crippen LogP contribution >= 0.6 is 0 Å². The molecule has 1 fully saturated rings. The molecule has 1 aliphatic heterocycles. The van der Waals surface area contributed by atoms with Gasteiger partial charge in [-0.25, -0.2) is 22.8 Å². The summed E-state index contributed by atoms with van der Waals surface area (Å²) in [5.41, 5.74) is 0.125. The highest BCUT2D eigenvalue weighted by molar-refractivity contribution is 5.80. The molecule has 2 N–H and O–H groups in total. The van der Waals surface area contributed by atoms with Gasteiger partial charge in [-0.1, -0.05) is 51.1 Å². The topological polar surface area (TPSA) is 83.3 Å². The number of carbonyl (C=O) groups is 1. The average molecular weight is 530 g/mol. The summed E-state index contributed by atoms with van der Waals surface area (Å²) < 4.78 is 45.1. The summed E-state index contributed by atoms with van der Waals surface area (Å²) in [7, 11) is 0. The first kappa shape index (κ1) is 27.8. The molecule has 1 saturated heterocycles. The van der Waals surface area contributed by atoms with E-state index in [9.17, 15) is 23.1 Å². The zero-order valence-electron chi connectivity index (χ0n) is 22.0. The molecule has 2 heterocycles. The van der Waals surface area contributed by atoms with E-state index in [1.165, 1.54) is 11.8 Å². The molecular weight excluding hydrogens is 495 g/mol. The van der Waals surface area contributed by atoms with Crippen LogP contribution in [0, 0.1) is 23.0 Å². The van der Waals surface area contributed by atoms with Crippen molar-refractivity contribution in [1.82, 2.24) is 25.0 Å². The van der Waals surface area contributed by atoms with Crippen LogP contribution in [0.25, 0.3) is 11.4 Å². The SMILES string of the molecule is C[C@H](O)C(=O)N(C[C@H]1CNC[C@@H]1F)[C@@H](c1nc(-c2cc(F)ccc2F)nn1Cc1ccccc1)C(C)(C)C. The van der Waals surface area contributed by atoms with Gasteiger partial charge in [-0.2, -0.15) is 5.10 Å². The molecule has 4 atom stereocenters. The van der Waals surface area contributed by atoms with E-state index in [0.29, 0.717) is 12.4 Å². The zero-order chi connectivity index (χ0) is 27.6. The van der Waals surface area contributed by atoms with Crippen molar-refractivity contribution >= 4 is 5.91 Å². The molecule has 4 rings (SSSR count). The minimum Gasteiger partial charge on any atom is -0.384 e. The van der Waals surface area contributed by atoms with E-state index >= 15 is 0 Å². The van der Waals surface area contributed by atoms with Gasteiger partial charge in [0.2, 0.25) is 0 Å². The first-order valence-corrected chi connectivity index (χ1v) is 12.7. The molecule has 0 spiro atoms. The predicted octanol–water partition coefficient (Wildman–Crippen LogP) is 4.13. The van der Waals surface area contributed by atoms with Crippen molar-refractivity contribution < 1.29 is 23.1 Å². The maximum Gasteiger partial charge on any atom is 0.251 e. The number of halogens is 3. The number of amides is 1. The van der Waals surface area contributed by atoms with Gasteiger partial charge in [0.25, 0.3) is 5.91 Å². The second-order valence-electron chi connectivity index (χ2n) is 10.9. The van der Waals surface area contributed by atoms with Gasteiger partial charge in [-0.15, -0.1) is 0 Å². The molecule has 2 aromatic carbocycles. The molecule has 38 heavy (non-hydrogen) atoms. The second-order valence-corrected chi connectivity index (χ2v) is 10.9. The normalized spacial score (nSPS) is 19.4. The Morgan fingerprint density at radius 2 is 1.89 bits per heavy atom. The highest BCUT2D eigenvalue weighted by atomic mass is 19.1. The Bertz CT molecular complexity index is 1260. The Hall–Kier alpha value is -3.24. The van der Waals surface area contributed by atoms with Crippen molar-refractivity contribution in [1.29, 1.82) is 0 Å². The van der Waals surface area contributed by atoms with Crippen LogP contribution in [0.4, 0.5) is 13.2 Å².